The fourth-order valence-electron chi connectivity index (χ4n) is 1.42. The van der Waals surface area contributed by atoms with Crippen LogP contribution >= 0.6 is 0 Å². The van der Waals surface area contributed by atoms with Crippen LogP contribution in [0.15, 0.2) is 30.3 Å². The molecule has 0 spiro atoms. The Balaban J connectivity index is 2.34. The Hall–Kier alpha value is -1.68. The second-order valence-electron chi connectivity index (χ2n) is 3.77. The first-order valence-electron chi connectivity index (χ1n) is 5.49. The van der Waals surface area contributed by atoms with Crippen molar-refractivity contribution in [2.24, 2.45) is 0 Å². The van der Waals surface area contributed by atoms with Crippen LogP contribution < -0.4 is 0 Å². The SMILES string of the molecule is CON(C)C(=O)CCC(=O)Cc1ccccc1. The smallest absolute Gasteiger partial charge is 0.246 e. The summed E-state index contributed by atoms with van der Waals surface area (Å²) in [5, 5.41) is 1.13. The van der Waals surface area contributed by atoms with E-state index in [0.717, 1.165) is 10.6 Å². The zero-order chi connectivity index (χ0) is 12.7. The molecule has 4 nitrogen and oxygen atoms in total. The van der Waals surface area contributed by atoms with E-state index in [1.54, 1.807) is 0 Å². The number of benzene rings is 1. The molecule has 92 valence electrons. The van der Waals surface area contributed by atoms with Crippen LogP contribution in [0.1, 0.15) is 18.4 Å². The third kappa shape index (κ3) is 4.78. The van der Waals surface area contributed by atoms with E-state index in [4.69, 9.17) is 4.84 Å². The summed E-state index contributed by atoms with van der Waals surface area (Å²) in [6.07, 6.45) is 0.822. The molecule has 1 rings (SSSR count). The minimum absolute atomic E-state index is 0.0639. The first kappa shape index (κ1) is 13.4. The predicted molar refractivity (Wildman–Crippen MR) is 64.2 cm³/mol. The summed E-state index contributed by atoms with van der Waals surface area (Å²) in [6.45, 7) is 0. The van der Waals surface area contributed by atoms with Gasteiger partial charge in [-0.3, -0.25) is 14.4 Å². The molecule has 1 aromatic rings. The Bertz CT molecular complexity index is 376. The van der Waals surface area contributed by atoms with Gasteiger partial charge in [0.2, 0.25) is 5.91 Å². The molecule has 0 aliphatic heterocycles. The van der Waals surface area contributed by atoms with Gasteiger partial charge < -0.3 is 0 Å². The normalized spacial score (nSPS) is 10.0. The largest absolute Gasteiger partial charge is 0.299 e. The first-order valence-corrected chi connectivity index (χ1v) is 5.49. The van der Waals surface area contributed by atoms with Crippen LogP contribution in [0.3, 0.4) is 0 Å². The van der Waals surface area contributed by atoms with Crippen LogP contribution in [-0.2, 0) is 20.8 Å². The van der Waals surface area contributed by atoms with Crippen molar-refractivity contribution in [2.75, 3.05) is 14.2 Å². The molecule has 4 heteroatoms. The van der Waals surface area contributed by atoms with Gasteiger partial charge in [-0.25, -0.2) is 5.06 Å². The molecule has 0 fully saturated rings. The van der Waals surface area contributed by atoms with Crippen molar-refractivity contribution in [3.05, 3.63) is 35.9 Å². The van der Waals surface area contributed by atoms with Gasteiger partial charge in [-0.05, 0) is 5.56 Å². The fraction of sp³-hybridized carbons (Fsp3) is 0.385. The average molecular weight is 235 g/mol. The quantitative estimate of drug-likeness (QED) is 0.703. The van der Waals surface area contributed by atoms with Crippen molar-refractivity contribution in [3.8, 4) is 0 Å². The highest BCUT2D eigenvalue weighted by Gasteiger charge is 2.11. The molecule has 0 heterocycles. The van der Waals surface area contributed by atoms with E-state index in [1.165, 1.54) is 14.2 Å². The number of carbonyl (C=O) groups is 2. The van der Waals surface area contributed by atoms with Crippen LogP contribution in [0.4, 0.5) is 0 Å². The van der Waals surface area contributed by atoms with Gasteiger partial charge in [0.15, 0.2) is 0 Å². The number of ketones is 1. The zero-order valence-corrected chi connectivity index (χ0v) is 10.2. The molecule has 0 saturated heterocycles. The highest BCUT2D eigenvalue weighted by Crippen LogP contribution is 2.04. The molecule has 0 radical (unpaired) electrons. The maximum Gasteiger partial charge on any atom is 0.246 e. The summed E-state index contributed by atoms with van der Waals surface area (Å²) in [6, 6.07) is 9.51. The van der Waals surface area contributed by atoms with Gasteiger partial charge in [0.05, 0.1) is 7.11 Å². The van der Waals surface area contributed by atoms with Crippen LogP contribution in [-0.4, -0.2) is 30.9 Å². The van der Waals surface area contributed by atoms with Gasteiger partial charge in [-0.1, -0.05) is 30.3 Å². The van der Waals surface area contributed by atoms with Crippen molar-refractivity contribution in [1.82, 2.24) is 5.06 Å². The molecule has 0 saturated carbocycles. The lowest BCUT2D eigenvalue weighted by atomic mass is 10.1. The monoisotopic (exact) mass is 235 g/mol. The molecule has 0 aliphatic carbocycles. The van der Waals surface area contributed by atoms with Crippen LogP contribution in [0, 0.1) is 0 Å². The topological polar surface area (TPSA) is 46.6 Å². The molecule has 0 atom stereocenters. The molecular weight excluding hydrogens is 218 g/mol. The molecule has 0 aliphatic rings. The highest BCUT2D eigenvalue weighted by molar-refractivity contribution is 5.85. The van der Waals surface area contributed by atoms with E-state index in [2.05, 4.69) is 0 Å². The molecule has 0 unspecified atom stereocenters. The first-order chi connectivity index (χ1) is 8.13. The van der Waals surface area contributed by atoms with Crippen LogP contribution in [0.5, 0.6) is 0 Å². The molecule has 1 aromatic carbocycles. The van der Waals surface area contributed by atoms with Crippen LogP contribution in [0.25, 0.3) is 0 Å². The molecular formula is C13H17NO3. The lowest BCUT2D eigenvalue weighted by Gasteiger charge is -2.12. The molecule has 0 N–H and O–H groups in total. The van der Waals surface area contributed by atoms with E-state index in [-0.39, 0.29) is 24.5 Å². The van der Waals surface area contributed by atoms with E-state index in [9.17, 15) is 9.59 Å². The number of hydrogen-bond donors (Lipinski definition) is 0. The predicted octanol–water partition coefficient (Wildman–Crippen LogP) is 1.60. The molecule has 0 aromatic heterocycles. The van der Waals surface area contributed by atoms with Gasteiger partial charge in [-0.15, -0.1) is 0 Å². The number of rotatable bonds is 6. The van der Waals surface area contributed by atoms with Gasteiger partial charge in [0.25, 0.3) is 0 Å². The highest BCUT2D eigenvalue weighted by atomic mass is 16.7. The Morgan fingerprint density at radius 2 is 1.82 bits per heavy atom. The van der Waals surface area contributed by atoms with Crippen LogP contribution in [0.2, 0.25) is 0 Å². The molecule has 0 bridgehead atoms. The number of Topliss-reactive ketones (excluding diaryl/α,β-unsaturated/α-hetero) is 1. The summed E-state index contributed by atoms with van der Waals surface area (Å²) in [4.78, 5) is 27.7. The van der Waals surface area contributed by atoms with Crippen molar-refractivity contribution < 1.29 is 14.4 Å². The van der Waals surface area contributed by atoms with E-state index < -0.39 is 0 Å². The van der Waals surface area contributed by atoms with Crippen molar-refractivity contribution in [2.45, 2.75) is 19.3 Å². The van der Waals surface area contributed by atoms with Gasteiger partial charge >= 0.3 is 0 Å². The van der Waals surface area contributed by atoms with Gasteiger partial charge in [0, 0.05) is 26.3 Å². The third-order valence-corrected chi connectivity index (χ3v) is 2.49. The minimum Gasteiger partial charge on any atom is -0.299 e. The zero-order valence-electron chi connectivity index (χ0n) is 10.2. The van der Waals surface area contributed by atoms with Gasteiger partial charge in [-0.2, -0.15) is 0 Å². The Labute approximate surface area is 101 Å². The summed E-state index contributed by atoms with van der Waals surface area (Å²) >= 11 is 0. The summed E-state index contributed by atoms with van der Waals surface area (Å²) in [5.41, 5.74) is 0.977. The lowest BCUT2D eigenvalue weighted by molar-refractivity contribution is -0.169. The van der Waals surface area contributed by atoms with E-state index in [1.807, 2.05) is 30.3 Å². The second-order valence-corrected chi connectivity index (χ2v) is 3.77. The summed E-state index contributed by atoms with van der Waals surface area (Å²) < 4.78 is 0. The lowest BCUT2D eigenvalue weighted by Crippen LogP contribution is -2.25. The second kappa shape index (κ2) is 6.81. The van der Waals surface area contributed by atoms with Crippen molar-refractivity contribution in [3.63, 3.8) is 0 Å². The average Bonchev–Trinajstić information content (AvgIpc) is 2.36. The number of amides is 1. The number of nitrogens with zero attached hydrogens (tertiary/aromatic N) is 1. The Morgan fingerprint density at radius 3 is 2.41 bits per heavy atom. The molecule has 17 heavy (non-hydrogen) atoms. The van der Waals surface area contributed by atoms with E-state index >= 15 is 0 Å². The van der Waals surface area contributed by atoms with Crippen molar-refractivity contribution in [1.29, 1.82) is 0 Å². The maximum atomic E-state index is 11.6. The minimum atomic E-state index is -0.186. The number of hydroxylamine groups is 2. The maximum absolute atomic E-state index is 11.6. The number of hydrogen-bond acceptors (Lipinski definition) is 3. The van der Waals surface area contributed by atoms with E-state index in [0.29, 0.717) is 6.42 Å². The van der Waals surface area contributed by atoms with Crippen molar-refractivity contribution >= 4 is 11.7 Å². The fourth-order valence-corrected chi connectivity index (χ4v) is 1.42. The third-order valence-electron chi connectivity index (χ3n) is 2.49. The summed E-state index contributed by atoms with van der Waals surface area (Å²) in [7, 11) is 2.95. The van der Waals surface area contributed by atoms with Gasteiger partial charge in [0.1, 0.15) is 5.78 Å². The standard InChI is InChI=1S/C13H17NO3/c1-14(17-2)13(16)9-8-12(15)10-11-6-4-3-5-7-11/h3-7H,8-10H2,1-2H3. The summed E-state index contributed by atoms with van der Waals surface area (Å²) in [5.74, 6) is -0.122. The molecule has 1 amide bonds. The number of carbonyl (C=O) groups excluding carboxylic acids is 2. The Kier molecular flexibility index (Phi) is 5.36. The Morgan fingerprint density at radius 1 is 1.18 bits per heavy atom.